The molecule has 4 heterocycles. The summed E-state index contributed by atoms with van der Waals surface area (Å²) in [6.07, 6.45) is 1.40. The minimum absolute atomic E-state index is 0.110. The molecule has 3 aromatic rings. The zero-order valence-corrected chi connectivity index (χ0v) is 32.7. The second-order valence-electron chi connectivity index (χ2n) is 13.5. The lowest BCUT2D eigenvalue weighted by Crippen LogP contribution is -2.50. The van der Waals surface area contributed by atoms with Crippen LogP contribution in [-0.4, -0.2) is 114 Å². The summed E-state index contributed by atoms with van der Waals surface area (Å²) in [5.41, 5.74) is -1.19. The van der Waals surface area contributed by atoms with Crippen molar-refractivity contribution < 1.29 is 50.3 Å². The fraction of sp³-hybridized carbons (Fsp3) is 0.588. The first-order valence-electron chi connectivity index (χ1n) is 17.5. The maximum absolute atomic E-state index is 14.9. The number of hydrogen-bond acceptors (Lipinski definition) is 13. The summed E-state index contributed by atoms with van der Waals surface area (Å²) in [4.78, 5) is 75.3. The van der Waals surface area contributed by atoms with Gasteiger partial charge in [-0.15, -0.1) is 0 Å². The number of rotatable bonds is 13. The number of hydrogen-bond donors (Lipinski definition) is 2. The molecule has 2 bridgehead atoms. The van der Waals surface area contributed by atoms with Crippen molar-refractivity contribution >= 4 is 22.1 Å². The molecule has 2 aliphatic rings. The van der Waals surface area contributed by atoms with Gasteiger partial charge in [-0.05, 0) is 50.7 Å². The first-order valence-corrected chi connectivity index (χ1v) is 19.3. The molecule has 0 aliphatic carbocycles. The van der Waals surface area contributed by atoms with E-state index in [9.17, 15) is 40.8 Å². The minimum atomic E-state index is -3.77. The average Bonchev–Trinajstić information content (AvgIpc) is 3.36. The molecule has 2 fully saturated rings. The van der Waals surface area contributed by atoms with E-state index >= 15 is 0 Å². The number of carboxylic acid groups (broad SMARTS) is 2. The summed E-state index contributed by atoms with van der Waals surface area (Å²) < 4.78 is 76.6. The van der Waals surface area contributed by atoms with Gasteiger partial charge in [0.1, 0.15) is 30.7 Å². The Balaban J connectivity index is 0.000000295. The van der Waals surface area contributed by atoms with Gasteiger partial charge in [-0.2, -0.15) is 18.4 Å². The van der Waals surface area contributed by atoms with E-state index in [4.69, 9.17) is 24.5 Å². The summed E-state index contributed by atoms with van der Waals surface area (Å²) in [6.45, 7) is 1.57. The quantitative estimate of drug-likeness (QED) is 0.170. The average molecular weight is 834 g/mol. The van der Waals surface area contributed by atoms with Crippen molar-refractivity contribution in [2.75, 3.05) is 19.4 Å². The molecule has 0 radical (unpaired) electrons. The third kappa shape index (κ3) is 13.6. The van der Waals surface area contributed by atoms with Crippen LogP contribution in [-0.2, 0) is 69.1 Å². The topological polar surface area (TPSA) is 244 Å². The van der Waals surface area contributed by atoms with Crippen LogP contribution in [0.15, 0.2) is 43.4 Å². The van der Waals surface area contributed by atoms with Crippen LogP contribution >= 0.6 is 0 Å². The van der Waals surface area contributed by atoms with E-state index in [2.05, 4.69) is 19.1 Å². The van der Waals surface area contributed by atoms with E-state index in [1.165, 1.54) is 25.6 Å². The highest BCUT2D eigenvalue weighted by atomic mass is 32.2. The van der Waals surface area contributed by atoms with Crippen molar-refractivity contribution in [1.29, 1.82) is 0 Å². The molecule has 4 atom stereocenters. The monoisotopic (exact) mass is 833 g/mol. The Morgan fingerprint density at radius 3 is 1.67 bits per heavy atom. The Labute approximate surface area is 324 Å². The molecule has 1 aromatic carbocycles. The van der Waals surface area contributed by atoms with Gasteiger partial charge in [0.15, 0.2) is 0 Å². The van der Waals surface area contributed by atoms with E-state index in [0.29, 0.717) is 22.6 Å². The molecule has 23 heteroatoms. The Morgan fingerprint density at radius 2 is 1.25 bits per heavy atom. The third-order valence-electron chi connectivity index (χ3n) is 9.30. The van der Waals surface area contributed by atoms with Crippen LogP contribution in [0.2, 0.25) is 0 Å². The second-order valence-corrected chi connectivity index (χ2v) is 15.2. The van der Waals surface area contributed by atoms with Crippen molar-refractivity contribution in [3.63, 3.8) is 0 Å². The van der Waals surface area contributed by atoms with Crippen molar-refractivity contribution in [2.45, 2.75) is 96.4 Å². The smallest absolute Gasteiger partial charge is 0.414 e. The maximum atomic E-state index is 14.9. The fourth-order valence-corrected chi connectivity index (χ4v) is 6.59. The molecular weight excluding hydrogens is 787 g/mol. The molecule has 5 rings (SSSR count). The number of benzene rings is 1. The number of aliphatic carboxylic acids is 2. The van der Waals surface area contributed by atoms with Crippen LogP contribution in [0.1, 0.15) is 48.5 Å². The zero-order chi connectivity index (χ0) is 42.8. The molecule has 0 amide bonds. The summed E-state index contributed by atoms with van der Waals surface area (Å²) >= 11 is 0. The number of aromatic nitrogens is 6. The molecule has 316 valence electrons. The molecular formula is C34H46F3N7O12S. The first kappa shape index (κ1) is 46.4. The molecule has 0 spiro atoms. The van der Waals surface area contributed by atoms with E-state index in [1.54, 1.807) is 19.1 Å². The van der Waals surface area contributed by atoms with Crippen LogP contribution in [0.4, 0.5) is 13.2 Å². The van der Waals surface area contributed by atoms with Gasteiger partial charge in [-0.25, -0.2) is 51.1 Å². The predicted molar refractivity (Wildman–Crippen MR) is 195 cm³/mol. The minimum Gasteiger partial charge on any atom is -0.473 e. The lowest BCUT2D eigenvalue weighted by atomic mass is 9.99. The van der Waals surface area contributed by atoms with Crippen LogP contribution in [0.25, 0.3) is 0 Å². The van der Waals surface area contributed by atoms with E-state index in [0.717, 1.165) is 46.6 Å². The van der Waals surface area contributed by atoms with Crippen LogP contribution in [0.3, 0.4) is 0 Å². The third-order valence-corrected chi connectivity index (χ3v) is 9.87. The van der Waals surface area contributed by atoms with Gasteiger partial charge in [0.25, 0.3) is 10.1 Å². The second kappa shape index (κ2) is 20.4. The molecule has 2 aliphatic heterocycles. The van der Waals surface area contributed by atoms with Crippen molar-refractivity contribution in [3.05, 3.63) is 89.0 Å². The Hall–Kier alpha value is -5.00. The van der Waals surface area contributed by atoms with E-state index in [1.807, 2.05) is 12.1 Å². The van der Waals surface area contributed by atoms with Gasteiger partial charge in [0, 0.05) is 32.7 Å². The number of fused-ring (bicyclic) bond motifs is 2. The van der Waals surface area contributed by atoms with Crippen LogP contribution in [0, 0.1) is 13.8 Å². The number of ether oxygens (including phenoxy) is 1. The zero-order valence-electron chi connectivity index (χ0n) is 31.9. The first-order chi connectivity index (χ1) is 26.6. The highest BCUT2D eigenvalue weighted by Gasteiger charge is 2.42. The molecule has 2 saturated heterocycles. The molecule has 2 unspecified atom stereocenters. The summed E-state index contributed by atoms with van der Waals surface area (Å²) in [5.74, 6) is -3.14. The van der Waals surface area contributed by atoms with Gasteiger partial charge < -0.3 is 14.9 Å². The number of halogens is 3. The molecule has 57 heavy (non-hydrogen) atoms. The van der Waals surface area contributed by atoms with Crippen molar-refractivity contribution in [3.8, 4) is 0 Å². The van der Waals surface area contributed by atoms with Gasteiger partial charge >= 0.3 is 34.7 Å². The van der Waals surface area contributed by atoms with Gasteiger partial charge in [-0.1, -0.05) is 24.3 Å². The number of piperidine rings is 1. The fourth-order valence-electron chi connectivity index (χ4n) is 6.19. The number of carbonyl (C=O) groups is 2. The molecule has 2 N–H and O–H groups in total. The van der Waals surface area contributed by atoms with E-state index in [-0.39, 0.29) is 37.1 Å². The number of alkyl halides is 3. The number of nitrogens with zero attached hydrogens (tertiary/aromatic N) is 7. The Morgan fingerprint density at radius 1 is 0.807 bits per heavy atom. The highest BCUT2D eigenvalue weighted by Crippen LogP contribution is 2.37. The molecule has 0 saturated carbocycles. The summed E-state index contributed by atoms with van der Waals surface area (Å²) in [6, 6.07) is 7.79. The predicted octanol–water partition coefficient (Wildman–Crippen LogP) is -0.00946. The molecule has 2 aromatic heterocycles. The van der Waals surface area contributed by atoms with Crippen LogP contribution in [0.5, 0.6) is 0 Å². The lowest BCUT2D eigenvalue weighted by molar-refractivity contribution is -0.159. The van der Waals surface area contributed by atoms with Crippen molar-refractivity contribution in [1.82, 2.24) is 33.1 Å². The number of aryl methyl sites for hydroxylation is 2. The Kier molecular flexibility index (Phi) is 16.6. The van der Waals surface area contributed by atoms with Crippen LogP contribution < -0.4 is 22.8 Å². The standard InChI is InChI=1S/C23H30F2N4O3.C9H14FN3O5S.C2H2O4/c1-15-26-22(30)29(23(31)27(15)2)13-18(25)12-28-19-7-8-20(28)10-21(9-19)32-14-17-5-3-16(11-24)4-6-17;1-6-11-8(14)13(9(15)12(6)2)4-7(10)5-18-19(3,16)17;3-1(4)2(5)6/h3-6,18-21H,7-14H2,1-2H3;7H,4-5H2,1-3H3;(H,3,4)(H,5,6)/t18-,19?,20?,21?;7-;/m10./s1. The van der Waals surface area contributed by atoms with Crippen molar-refractivity contribution in [2.24, 2.45) is 14.1 Å². The molecule has 19 nitrogen and oxygen atoms in total. The van der Waals surface area contributed by atoms with Gasteiger partial charge in [0.05, 0.1) is 38.7 Å². The SMILES string of the molecule is Cc1nc(=O)n(C[C@H](F)CN2C3CCC2CC(OCc2ccc(CF)cc2)C3)c(=O)n1C.Cc1nc(=O)n(C[C@H](F)COS(C)(=O)=O)c(=O)n1C.O=C(O)C(=O)O. The summed E-state index contributed by atoms with van der Waals surface area (Å²) in [5, 5.41) is 14.8. The normalized spacial score (nSPS) is 18.8. The van der Waals surface area contributed by atoms with Gasteiger partial charge in [-0.3, -0.25) is 18.2 Å². The number of carboxylic acids is 2. The largest absolute Gasteiger partial charge is 0.473 e. The summed E-state index contributed by atoms with van der Waals surface area (Å²) in [7, 11) is -0.861. The Bertz CT molecular complexity index is 2200. The van der Waals surface area contributed by atoms with Gasteiger partial charge in [0.2, 0.25) is 0 Å². The lowest BCUT2D eigenvalue weighted by Gasteiger charge is -2.39. The van der Waals surface area contributed by atoms with E-state index < -0.39 is 77.0 Å². The maximum Gasteiger partial charge on any atom is 0.414 e. The highest BCUT2D eigenvalue weighted by molar-refractivity contribution is 7.85.